The first-order valence-electron chi connectivity index (χ1n) is 6.64. The molecule has 122 valence electrons. The molecule has 6 nitrogen and oxygen atoms in total. The largest absolute Gasteiger partial charge is 0.480 e. The van der Waals surface area contributed by atoms with Crippen molar-refractivity contribution in [3.05, 3.63) is 48.5 Å². The maximum atomic E-state index is 12.1. The van der Waals surface area contributed by atoms with Crippen molar-refractivity contribution in [3.63, 3.8) is 0 Å². The van der Waals surface area contributed by atoms with Crippen LogP contribution in [0.5, 0.6) is 0 Å². The van der Waals surface area contributed by atoms with Gasteiger partial charge in [0.05, 0.1) is 4.90 Å². The summed E-state index contributed by atoms with van der Waals surface area (Å²) in [6.45, 7) is 1.26. The standard InChI is InChI=1S/C15H15NO5S2/c1-10(15(17)18)16-23(20,21)14-8-4-12(5-9-14)11-2-6-13(22-19)7-3-11/h2-10,16,19H,1H3,(H,17,18)/p+1/t10-/m0/s1. The lowest BCUT2D eigenvalue weighted by Crippen LogP contribution is -2.38. The molecule has 2 aromatic carbocycles. The number of benzene rings is 2. The lowest BCUT2D eigenvalue weighted by atomic mass is 10.1. The minimum atomic E-state index is -3.88. The molecule has 0 aliphatic carbocycles. The van der Waals surface area contributed by atoms with Gasteiger partial charge in [0.1, 0.15) is 6.04 Å². The van der Waals surface area contributed by atoms with E-state index < -0.39 is 22.0 Å². The average Bonchev–Trinajstić information content (AvgIpc) is 2.54. The monoisotopic (exact) mass is 354 g/mol. The van der Waals surface area contributed by atoms with Crippen LogP contribution in [0.4, 0.5) is 0 Å². The van der Waals surface area contributed by atoms with Crippen molar-refractivity contribution in [2.45, 2.75) is 22.8 Å². The Labute approximate surface area is 138 Å². The van der Waals surface area contributed by atoms with E-state index in [4.69, 9.17) is 9.66 Å². The molecular weight excluding hydrogens is 338 g/mol. The summed E-state index contributed by atoms with van der Waals surface area (Å²) in [7, 11) is -3.88. The third kappa shape index (κ3) is 4.32. The van der Waals surface area contributed by atoms with Crippen LogP contribution in [0, 0.1) is 0 Å². The minimum Gasteiger partial charge on any atom is -0.480 e. The van der Waals surface area contributed by atoms with E-state index in [1.165, 1.54) is 19.1 Å². The topological polar surface area (TPSA) is 104 Å². The van der Waals surface area contributed by atoms with Crippen molar-refractivity contribution in [1.82, 2.24) is 4.72 Å². The lowest BCUT2D eigenvalue weighted by molar-refractivity contribution is -0.138. The summed E-state index contributed by atoms with van der Waals surface area (Å²) in [6, 6.07) is 12.1. The van der Waals surface area contributed by atoms with Gasteiger partial charge in [-0.05, 0) is 54.4 Å². The molecule has 2 aromatic rings. The second-order valence-corrected chi connectivity index (χ2v) is 7.28. The normalized spacial score (nSPS) is 12.8. The van der Waals surface area contributed by atoms with E-state index in [1.54, 1.807) is 24.3 Å². The predicted octanol–water partition coefficient (Wildman–Crippen LogP) is 1.75. The number of thiol groups is 1. The first-order valence-corrected chi connectivity index (χ1v) is 8.97. The number of rotatable bonds is 6. The van der Waals surface area contributed by atoms with Crippen LogP contribution in [0.3, 0.4) is 0 Å². The average molecular weight is 354 g/mol. The fraction of sp³-hybridized carbons (Fsp3) is 0.133. The van der Waals surface area contributed by atoms with Gasteiger partial charge in [0, 0.05) is 0 Å². The van der Waals surface area contributed by atoms with Gasteiger partial charge in [-0.3, -0.25) is 4.79 Å². The lowest BCUT2D eigenvalue weighted by Gasteiger charge is -2.10. The Morgan fingerprint density at radius 2 is 1.52 bits per heavy atom. The molecule has 1 atom stereocenters. The number of carboxylic acid groups (broad SMARTS) is 1. The van der Waals surface area contributed by atoms with Crippen LogP contribution >= 0.6 is 0 Å². The Bertz CT molecular complexity index is 786. The van der Waals surface area contributed by atoms with Gasteiger partial charge in [-0.15, -0.1) is 0 Å². The van der Waals surface area contributed by atoms with E-state index in [2.05, 4.69) is 4.72 Å². The summed E-state index contributed by atoms with van der Waals surface area (Å²) in [5.74, 6) is -1.24. The number of hydrogen-bond donors (Lipinski definition) is 3. The van der Waals surface area contributed by atoms with Crippen LogP contribution in [0.15, 0.2) is 58.3 Å². The molecule has 0 aliphatic rings. The molecule has 2 rings (SSSR count). The van der Waals surface area contributed by atoms with Crippen molar-refractivity contribution in [3.8, 4) is 11.1 Å². The first kappa shape index (κ1) is 17.5. The highest BCUT2D eigenvalue weighted by Gasteiger charge is 2.21. The maximum Gasteiger partial charge on any atom is 0.321 e. The zero-order valence-electron chi connectivity index (χ0n) is 12.2. The highest BCUT2D eigenvalue weighted by atomic mass is 32.2. The molecule has 0 spiro atoms. The molecule has 0 heterocycles. The van der Waals surface area contributed by atoms with Crippen molar-refractivity contribution in [2.75, 3.05) is 0 Å². The predicted molar refractivity (Wildman–Crippen MR) is 89.0 cm³/mol. The molecular formula is C15H16NO5S2+. The van der Waals surface area contributed by atoms with Crippen LogP contribution in [-0.2, 0) is 26.9 Å². The highest BCUT2D eigenvalue weighted by Crippen LogP contribution is 2.22. The second-order valence-electron chi connectivity index (χ2n) is 4.85. The van der Waals surface area contributed by atoms with Crippen LogP contribution in [0.1, 0.15) is 6.92 Å². The third-order valence-corrected chi connectivity index (χ3v) is 5.27. The quantitative estimate of drug-likeness (QED) is 0.542. The van der Waals surface area contributed by atoms with Crippen LogP contribution < -0.4 is 4.72 Å². The summed E-state index contributed by atoms with van der Waals surface area (Å²) in [6.07, 6.45) is 0. The minimum absolute atomic E-state index is 0.000142. The molecule has 0 aliphatic heterocycles. The molecule has 0 radical (unpaired) electrons. The number of aliphatic carboxylic acids is 1. The number of sulfonamides is 1. The number of carbonyl (C=O) groups is 1. The van der Waals surface area contributed by atoms with Gasteiger partial charge in [-0.25, -0.2) is 8.42 Å². The van der Waals surface area contributed by atoms with Gasteiger partial charge < -0.3 is 5.11 Å². The van der Waals surface area contributed by atoms with E-state index in [0.717, 1.165) is 16.0 Å². The molecule has 0 aromatic heterocycles. The van der Waals surface area contributed by atoms with Gasteiger partial charge in [0.15, 0.2) is 16.9 Å². The van der Waals surface area contributed by atoms with Gasteiger partial charge in [-0.2, -0.15) is 9.27 Å². The second kappa shape index (κ2) is 7.14. The van der Waals surface area contributed by atoms with Crippen LogP contribution in [0.2, 0.25) is 0 Å². The Morgan fingerprint density at radius 1 is 1.04 bits per heavy atom. The number of hydrogen-bond acceptors (Lipinski definition) is 4. The van der Waals surface area contributed by atoms with Crippen molar-refractivity contribution >= 4 is 28.0 Å². The zero-order chi connectivity index (χ0) is 17.0. The van der Waals surface area contributed by atoms with E-state index in [-0.39, 0.29) is 16.9 Å². The van der Waals surface area contributed by atoms with Crippen molar-refractivity contribution in [1.29, 1.82) is 0 Å². The molecule has 0 saturated heterocycles. The Kier molecular flexibility index (Phi) is 5.42. The SMILES string of the molecule is C[C@H](NS(=O)(=O)c1ccc(-c2ccc([SH+]O)cc2)cc1)C(=O)O. The smallest absolute Gasteiger partial charge is 0.321 e. The highest BCUT2D eigenvalue weighted by molar-refractivity contribution is 7.89. The number of carboxylic acids is 1. The van der Waals surface area contributed by atoms with Crippen molar-refractivity contribution < 1.29 is 22.9 Å². The van der Waals surface area contributed by atoms with E-state index >= 15 is 0 Å². The molecule has 3 N–H and O–H groups in total. The summed E-state index contributed by atoms with van der Waals surface area (Å²) in [5, 5.41) is 8.78. The maximum absolute atomic E-state index is 12.1. The van der Waals surface area contributed by atoms with E-state index in [1.807, 2.05) is 12.1 Å². The Balaban J connectivity index is 2.22. The fourth-order valence-electron chi connectivity index (χ4n) is 1.90. The summed E-state index contributed by atoms with van der Waals surface area (Å²) in [4.78, 5) is 11.5. The van der Waals surface area contributed by atoms with Gasteiger partial charge >= 0.3 is 5.97 Å². The molecule has 0 amide bonds. The zero-order valence-corrected chi connectivity index (χ0v) is 13.9. The fourth-order valence-corrected chi connectivity index (χ4v) is 3.38. The molecule has 0 saturated carbocycles. The van der Waals surface area contributed by atoms with Gasteiger partial charge in [0.25, 0.3) is 0 Å². The van der Waals surface area contributed by atoms with Crippen LogP contribution in [0.25, 0.3) is 11.1 Å². The first-order chi connectivity index (χ1) is 10.8. The van der Waals surface area contributed by atoms with Crippen molar-refractivity contribution in [2.24, 2.45) is 0 Å². The van der Waals surface area contributed by atoms with E-state index in [9.17, 15) is 13.2 Å². The molecule has 23 heavy (non-hydrogen) atoms. The van der Waals surface area contributed by atoms with E-state index in [0.29, 0.717) is 0 Å². The number of nitrogens with one attached hydrogen (secondary N) is 1. The molecule has 8 heteroatoms. The Morgan fingerprint density at radius 3 is 1.96 bits per heavy atom. The molecule has 0 unspecified atom stereocenters. The van der Waals surface area contributed by atoms with Gasteiger partial charge in [0.2, 0.25) is 10.0 Å². The third-order valence-electron chi connectivity index (χ3n) is 3.18. The summed E-state index contributed by atoms with van der Waals surface area (Å²) >= 11 is 0.192. The molecule has 0 fully saturated rings. The Hall–Kier alpha value is -1.87. The summed E-state index contributed by atoms with van der Waals surface area (Å²) < 4.78 is 35.2. The van der Waals surface area contributed by atoms with Crippen LogP contribution in [-0.4, -0.2) is 30.1 Å². The molecule has 0 bridgehead atoms. The van der Waals surface area contributed by atoms with Gasteiger partial charge in [-0.1, -0.05) is 12.1 Å². The summed E-state index contributed by atoms with van der Waals surface area (Å²) in [5.41, 5.74) is 1.70.